The van der Waals surface area contributed by atoms with Crippen molar-refractivity contribution in [1.29, 1.82) is 0 Å². The zero-order chi connectivity index (χ0) is 27.1. The lowest BCUT2D eigenvalue weighted by molar-refractivity contribution is 1.29. The summed E-state index contributed by atoms with van der Waals surface area (Å²) in [6.45, 7) is 8.99. The lowest BCUT2D eigenvalue weighted by atomic mass is 9.88. The average Bonchev–Trinajstić information content (AvgIpc) is 3.44. The molecule has 8 rings (SSSR count). The van der Waals surface area contributed by atoms with Crippen LogP contribution in [0, 0.1) is 27.7 Å². The molecule has 0 aromatic heterocycles. The second-order valence-electron chi connectivity index (χ2n) is 11.5. The van der Waals surface area contributed by atoms with Crippen LogP contribution in [0.15, 0.2) is 109 Å². The van der Waals surface area contributed by atoms with Crippen molar-refractivity contribution in [2.24, 2.45) is 0 Å². The summed E-state index contributed by atoms with van der Waals surface area (Å²) in [7, 11) is 0. The monoisotopic (exact) mass is 510 g/mol. The van der Waals surface area contributed by atoms with Crippen LogP contribution >= 0.6 is 0 Å². The third-order valence-electron chi connectivity index (χ3n) is 9.21. The second kappa shape index (κ2) is 8.41. The van der Waals surface area contributed by atoms with Gasteiger partial charge in [-0.15, -0.1) is 0 Å². The third-order valence-corrected chi connectivity index (χ3v) is 9.21. The number of aryl methyl sites for hydroxylation is 4. The average molecular weight is 511 g/mol. The standard InChI is InChI=1S/C40H30/c1-23-19-33-35(21-25(23)3)39-38(32-18-10-14-28-12-6-8-16-30(28)32)34-20-24(2)26(4)22-36(34)40(39)37(33)31-17-9-13-27-11-5-7-15-29(27)31/h5-22H,1-4H3. The van der Waals surface area contributed by atoms with Crippen LogP contribution in [-0.4, -0.2) is 0 Å². The van der Waals surface area contributed by atoms with Gasteiger partial charge in [0, 0.05) is 0 Å². The molecular weight excluding hydrogens is 480 g/mol. The Hall–Kier alpha value is -4.68. The molecule has 6 aromatic rings. The molecule has 40 heavy (non-hydrogen) atoms. The Balaban J connectivity index is 1.63. The summed E-state index contributed by atoms with van der Waals surface area (Å²) in [5.74, 6) is 0. The van der Waals surface area contributed by atoms with Gasteiger partial charge >= 0.3 is 0 Å². The highest BCUT2D eigenvalue weighted by atomic mass is 14.3. The van der Waals surface area contributed by atoms with Crippen LogP contribution < -0.4 is 20.9 Å². The number of rotatable bonds is 2. The highest BCUT2D eigenvalue weighted by Gasteiger charge is 2.31. The Bertz CT molecular complexity index is 2170. The van der Waals surface area contributed by atoms with Gasteiger partial charge in [0.1, 0.15) is 0 Å². The summed E-state index contributed by atoms with van der Waals surface area (Å²) in [6.07, 6.45) is 0. The van der Waals surface area contributed by atoms with Crippen LogP contribution in [0.2, 0.25) is 0 Å². The predicted octanol–water partition coefficient (Wildman–Crippen LogP) is 6.65. The van der Waals surface area contributed by atoms with Gasteiger partial charge in [0.2, 0.25) is 0 Å². The molecular formula is C40H30. The van der Waals surface area contributed by atoms with Gasteiger partial charge in [-0.3, -0.25) is 0 Å². The quantitative estimate of drug-likeness (QED) is 0.245. The lowest BCUT2D eigenvalue weighted by Gasteiger charge is -2.14. The van der Waals surface area contributed by atoms with E-state index >= 15 is 0 Å². The van der Waals surface area contributed by atoms with Gasteiger partial charge in [-0.05, 0) is 126 Å². The minimum atomic E-state index is 1.28. The van der Waals surface area contributed by atoms with E-state index in [-0.39, 0.29) is 0 Å². The zero-order valence-electron chi connectivity index (χ0n) is 23.4. The molecule has 0 N–H and O–H groups in total. The van der Waals surface area contributed by atoms with Crippen molar-refractivity contribution in [3.05, 3.63) is 163 Å². The van der Waals surface area contributed by atoms with Crippen molar-refractivity contribution in [3.8, 4) is 0 Å². The summed E-state index contributed by atoms with van der Waals surface area (Å²) >= 11 is 0. The summed E-state index contributed by atoms with van der Waals surface area (Å²) in [5.41, 5.74) is 13.5. The van der Waals surface area contributed by atoms with Gasteiger partial charge in [0.25, 0.3) is 0 Å². The first-order valence-electron chi connectivity index (χ1n) is 14.2. The van der Waals surface area contributed by atoms with Crippen LogP contribution in [0.3, 0.4) is 0 Å². The third kappa shape index (κ3) is 3.14. The zero-order valence-corrected chi connectivity index (χ0v) is 23.4. The van der Waals surface area contributed by atoms with E-state index in [1.807, 2.05) is 0 Å². The Labute approximate surface area is 234 Å². The first-order valence-corrected chi connectivity index (χ1v) is 14.2. The van der Waals surface area contributed by atoms with Crippen LogP contribution in [0.4, 0.5) is 0 Å². The van der Waals surface area contributed by atoms with Gasteiger partial charge in [-0.2, -0.15) is 0 Å². The number of benzene rings is 6. The highest BCUT2D eigenvalue weighted by Crippen LogP contribution is 2.42. The van der Waals surface area contributed by atoms with E-state index in [0.717, 1.165) is 0 Å². The molecule has 0 heteroatoms. The van der Waals surface area contributed by atoms with Crippen molar-refractivity contribution < 1.29 is 0 Å². The number of fused-ring (bicyclic) bond motifs is 5. The Morgan fingerprint density at radius 1 is 0.325 bits per heavy atom. The minimum Gasteiger partial charge on any atom is -0.0616 e. The van der Waals surface area contributed by atoms with Crippen molar-refractivity contribution in [2.45, 2.75) is 27.7 Å². The Kier molecular flexibility index (Phi) is 4.88. The molecule has 190 valence electrons. The van der Waals surface area contributed by atoms with E-state index in [2.05, 4.69) is 137 Å². The minimum absolute atomic E-state index is 1.28. The first-order chi connectivity index (χ1) is 19.5. The van der Waals surface area contributed by atoms with E-state index in [4.69, 9.17) is 0 Å². The van der Waals surface area contributed by atoms with E-state index in [9.17, 15) is 0 Å². The fourth-order valence-electron chi connectivity index (χ4n) is 6.96. The van der Waals surface area contributed by atoms with Gasteiger partial charge in [-0.1, -0.05) is 109 Å². The molecule has 0 radical (unpaired) electrons. The van der Waals surface area contributed by atoms with Crippen molar-refractivity contribution in [2.75, 3.05) is 0 Å². The number of hydrogen-bond donors (Lipinski definition) is 0. The summed E-state index contributed by atoms with van der Waals surface area (Å²) in [5, 5.41) is 10.6. The first kappa shape index (κ1) is 23.2. The maximum atomic E-state index is 2.44. The van der Waals surface area contributed by atoms with Crippen molar-refractivity contribution >= 4 is 43.8 Å². The van der Waals surface area contributed by atoms with Crippen LogP contribution in [0.1, 0.15) is 33.4 Å². The second-order valence-corrected chi connectivity index (χ2v) is 11.5. The molecule has 0 atom stereocenters. The van der Waals surface area contributed by atoms with Crippen LogP contribution in [-0.2, 0) is 0 Å². The maximum absolute atomic E-state index is 2.44. The smallest absolute Gasteiger partial charge is 0.000730 e. The lowest BCUT2D eigenvalue weighted by Crippen LogP contribution is -2.30. The molecule has 0 unspecified atom stereocenters. The summed E-state index contributed by atoms with van der Waals surface area (Å²) in [4.78, 5) is 0. The van der Waals surface area contributed by atoms with Gasteiger partial charge in [0.15, 0.2) is 0 Å². The largest absolute Gasteiger partial charge is 0.0616 e. The van der Waals surface area contributed by atoms with Gasteiger partial charge in [0.05, 0.1) is 0 Å². The molecule has 0 fully saturated rings. The topological polar surface area (TPSA) is 0 Å². The Morgan fingerprint density at radius 3 is 1.05 bits per heavy atom. The maximum Gasteiger partial charge on any atom is -0.000730 e. The molecule has 6 aromatic carbocycles. The normalized spacial score (nSPS) is 13.8. The summed E-state index contributed by atoms with van der Waals surface area (Å²) < 4.78 is 0. The highest BCUT2D eigenvalue weighted by molar-refractivity contribution is 6.33. The van der Waals surface area contributed by atoms with E-state index in [1.165, 1.54) is 98.1 Å². The van der Waals surface area contributed by atoms with Crippen LogP contribution in [0.25, 0.3) is 43.8 Å². The predicted molar refractivity (Wildman–Crippen MR) is 170 cm³/mol. The molecule has 0 nitrogen and oxygen atoms in total. The van der Waals surface area contributed by atoms with Crippen molar-refractivity contribution in [1.82, 2.24) is 0 Å². The molecule has 2 aliphatic carbocycles. The molecule has 0 spiro atoms. The SMILES string of the molecule is Cc1cc2c(cc1C)=C(c1cccc3ccccc13)C1=c3cc(C)c(C)cc3=C(c3cccc4ccccc34)C=21. The Morgan fingerprint density at radius 2 is 0.650 bits per heavy atom. The fourth-order valence-corrected chi connectivity index (χ4v) is 6.96. The molecule has 0 bridgehead atoms. The van der Waals surface area contributed by atoms with Crippen molar-refractivity contribution in [3.63, 3.8) is 0 Å². The molecule has 0 saturated heterocycles. The molecule has 2 aliphatic rings. The van der Waals surface area contributed by atoms with E-state index < -0.39 is 0 Å². The van der Waals surface area contributed by atoms with Crippen LogP contribution in [0.5, 0.6) is 0 Å². The molecule has 0 amide bonds. The molecule has 0 heterocycles. The fraction of sp³-hybridized carbons (Fsp3) is 0.100. The van der Waals surface area contributed by atoms with E-state index in [0.29, 0.717) is 0 Å². The number of hydrogen-bond acceptors (Lipinski definition) is 0. The van der Waals surface area contributed by atoms with Gasteiger partial charge < -0.3 is 0 Å². The molecule has 0 saturated carbocycles. The van der Waals surface area contributed by atoms with Gasteiger partial charge in [-0.25, -0.2) is 0 Å². The van der Waals surface area contributed by atoms with E-state index in [1.54, 1.807) is 0 Å². The summed E-state index contributed by atoms with van der Waals surface area (Å²) in [6, 6.07) is 40.9. The molecule has 0 aliphatic heterocycles.